The number of hydrogen-bond donors (Lipinski definition) is 1. The number of nitrogens with one attached hydrogen (secondary N) is 1. The highest BCUT2D eigenvalue weighted by Crippen LogP contribution is 2.26. The predicted molar refractivity (Wildman–Crippen MR) is 64.1 cm³/mol. The van der Waals surface area contributed by atoms with Crippen molar-refractivity contribution in [1.29, 1.82) is 0 Å². The van der Waals surface area contributed by atoms with E-state index in [1.807, 2.05) is 0 Å². The molecule has 2 aliphatic rings. The first-order chi connectivity index (χ1) is 7.34. The molecule has 0 unspecified atom stereocenters. The molecular weight excluding hydrogens is 208 g/mol. The number of hydrogen-bond acceptors (Lipinski definition) is 3. The molecule has 1 aliphatic carbocycles. The number of nitrogens with zero attached hydrogens (tertiary/aromatic N) is 1. The smallest absolute Gasteiger partial charge is 0.226 e. The van der Waals surface area contributed by atoms with Gasteiger partial charge in [0.1, 0.15) is 0 Å². The molecule has 1 amide bonds. The summed E-state index contributed by atoms with van der Waals surface area (Å²) in [5.41, 5.74) is 0. The van der Waals surface area contributed by atoms with E-state index in [1.54, 1.807) is 11.8 Å². The van der Waals surface area contributed by atoms with Crippen LogP contribution in [0.15, 0.2) is 4.99 Å². The molecule has 0 aromatic carbocycles. The van der Waals surface area contributed by atoms with Crippen molar-refractivity contribution in [3.63, 3.8) is 0 Å². The van der Waals surface area contributed by atoms with E-state index in [0.717, 1.165) is 17.5 Å². The van der Waals surface area contributed by atoms with Gasteiger partial charge in [-0.3, -0.25) is 9.79 Å². The van der Waals surface area contributed by atoms with E-state index in [-0.39, 0.29) is 5.91 Å². The summed E-state index contributed by atoms with van der Waals surface area (Å²) in [7, 11) is 0. The molecule has 0 radical (unpaired) electrons. The van der Waals surface area contributed by atoms with Crippen LogP contribution in [-0.2, 0) is 4.79 Å². The monoisotopic (exact) mass is 226 g/mol. The maximum absolute atomic E-state index is 11.7. The van der Waals surface area contributed by atoms with E-state index < -0.39 is 0 Å². The van der Waals surface area contributed by atoms with E-state index in [1.165, 1.54) is 32.1 Å². The molecule has 15 heavy (non-hydrogen) atoms. The summed E-state index contributed by atoms with van der Waals surface area (Å²) in [6.07, 6.45) is 7.10. The second-order valence-corrected chi connectivity index (χ2v) is 5.38. The Balaban J connectivity index is 1.71. The SMILES string of the molecule is O=C(CC1CCCCC1)NC1=NCCS1. The largest absolute Gasteiger partial charge is 0.305 e. The van der Waals surface area contributed by atoms with Crippen molar-refractivity contribution in [2.75, 3.05) is 12.3 Å². The fourth-order valence-corrected chi connectivity index (χ4v) is 2.98. The number of amides is 1. The molecule has 0 aromatic heterocycles. The van der Waals surface area contributed by atoms with Crippen LogP contribution < -0.4 is 5.32 Å². The highest BCUT2D eigenvalue weighted by molar-refractivity contribution is 8.14. The Morgan fingerprint density at radius 1 is 1.40 bits per heavy atom. The lowest BCUT2D eigenvalue weighted by molar-refractivity contribution is -0.120. The fourth-order valence-electron chi connectivity index (χ4n) is 2.23. The summed E-state index contributed by atoms with van der Waals surface area (Å²) in [6.45, 7) is 0.851. The molecular formula is C11H18N2OS. The predicted octanol–water partition coefficient (Wildman–Crippen LogP) is 2.18. The van der Waals surface area contributed by atoms with Crippen molar-refractivity contribution >= 4 is 22.8 Å². The third-order valence-corrected chi connectivity index (χ3v) is 3.92. The zero-order valence-corrected chi connectivity index (χ0v) is 9.81. The average Bonchev–Trinajstić information content (AvgIpc) is 2.71. The number of amidine groups is 1. The van der Waals surface area contributed by atoms with Crippen LogP contribution in [0.4, 0.5) is 0 Å². The molecule has 2 rings (SSSR count). The van der Waals surface area contributed by atoms with Crippen molar-refractivity contribution in [2.45, 2.75) is 38.5 Å². The second-order valence-electron chi connectivity index (χ2n) is 4.29. The van der Waals surface area contributed by atoms with Gasteiger partial charge in [-0.2, -0.15) is 0 Å². The van der Waals surface area contributed by atoms with Crippen LogP contribution in [0.3, 0.4) is 0 Å². The van der Waals surface area contributed by atoms with E-state index in [2.05, 4.69) is 10.3 Å². The lowest BCUT2D eigenvalue weighted by Crippen LogP contribution is -2.29. The van der Waals surface area contributed by atoms with Gasteiger partial charge in [0.25, 0.3) is 0 Å². The molecule has 0 spiro atoms. The normalized spacial score (nSPS) is 22.5. The molecule has 0 bridgehead atoms. The lowest BCUT2D eigenvalue weighted by Gasteiger charge is -2.20. The molecule has 1 heterocycles. The van der Waals surface area contributed by atoms with Gasteiger partial charge in [-0.25, -0.2) is 0 Å². The van der Waals surface area contributed by atoms with E-state index in [0.29, 0.717) is 12.3 Å². The number of carbonyl (C=O) groups excluding carboxylic acids is 1. The van der Waals surface area contributed by atoms with E-state index in [9.17, 15) is 4.79 Å². The molecule has 1 N–H and O–H groups in total. The molecule has 3 nitrogen and oxygen atoms in total. The van der Waals surface area contributed by atoms with Crippen LogP contribution in [0, 0.1) is 5.92 Å². The molecule has 1 fully saturated rings. The Bertz CT molecular complexity index is 259. The molecule has 84 valence electrons. The van der Waals surface area contributed by atoms with Crippen LogP contribution in [-0.4, -0.2) is 23.4 Å². The minimum Gasteiger partial charge on any atom is -0.305 e. The third-order valence-electron chi connectivity index (χ3n) is 3.03. The first kappa shape index (κ1) is 11.0. The molecule has 0 aromatic rings. The van der Waals surface area contributed by atoms with Crippen LogP contribution in [0.25, 0.3) is 0 Å². The summed E-state index contributed by atoms with van der Waals surface area (Å²) < 4.78 is 0. The number of carbonyl (C=O) groups is 1. The molecule has 1 saturated carbocycles. The van der Waals surface area contributed by atoms with Crippen LogP contribution >= 0.6 is 11.8 Å². The Labute approximate surface area is 95.1 Å². The van der Waals surface area contributed by atoms with Crippen LogP contribution in [0.2, 0.25) is 0 Å². The van der Waals surface area contributed by atoms with E-state index in [4.69, 9.17) is 0 Å². The summed E-state index contributed by atoms with van der Waals surface area (Å²) in [5.74, 6) is 1.79. The van der Waals surface area contributed by atoms with Crippen molar-refractivity contribution in [3.05, 3.63) is 0 Å². The van der Waals surface area contributed by atoms with Gasteiger partial charge >= 0.3 is 0 Å². The van der Waals surface area contributed by atoms with Gasteiger partial charge in [-0.1, -0.05) is 31.0 Å². The molecule has 1 aliphatic heterocycles. The van der Waals surface area contributed by atoms with Crippen molar-refractivity contribution in [1.82, 2.24) is 5.32 Å². The van der Waals surface area contributed by atoms with Crippen molar-refractivity contribution in [2.24, 2.45) is 10.9 Å². The van der Waals surface area contributed by atoms with Crippen molar-refractivity contribution in [3.8, 4) is 0 Å². The van der Waals surface area contributed by atoms with Crippen molar-refractivity contribution < 1.29 is 4.79 Å². The van der Waals surface area contributed by atoms with Crippen LogP contribution in [0.5, 0.6) is 0 Å². The minimum absolute atomic E-state index is 0.162. The highest BCUT2D eigenvalue weighted by Gasteiger charge is 2.18. The Kier molecular flexibility index (Phi) is 4.06. The third kappa shape index (κ3) is 3.52. The fraction of sp³-hybridized carbons (Fsp3) is 0.818. The summed E-state index contributed by atoms with van der Waals surface area (Å²) in [6, 6.07) is 0. The Morgan fingerprint density at radius 2 is 2.20 bits per heavy atom. The maximum atomic E-state index is 11.7. The van der Waals surface area contributed by atoms with Gasteiger partial charge in [0.2, 0.25) is 5.91 Å². The van der Waals surface area contributed by atoms with Gasteiger partial charge in [0.15, 0.2) is 5.17 Å². The zero-order valence-electron chi connectivity index (χ0n) is 9.00. The molecule has 4 heteroatoms. The quantitative estimate of drug-likeness (QED) is 0.784. The lowest BCUT2D eigenvalue weighted by atomic mass is 9.87. The highest BCUT2D eigenvalue weighted by atomic mass is 32.2. The molecule has 0 atom stereocenters. The number of thioether (sulfide) groups is 1. The van der Waals surface area contributed by atoms with Gasteiger partial charge in [-0.05, 0) is 18.8 Å². The maximum Gasteiger partial charge on any atom is 0.226 e. The molecule has 0 saturated heterocycles. The van der Waals surface area contributed by atoms with Gasteiger partial charge < -0.3 is 5.32 Å². The first-order valence-corrected chi connectivity index (χ1v) is 6.80. The zero-order chi connectivity index (χ0) is 10.5. The number of aliphatic imine (C=N–C) groups is 1. The Morgan fingerprint density at radius 3 is 2.87 bits per heavy atom. The standard InChI is InChI=1S/C11H18N2OS/c14-10(13-11-12-6-7-15-11)8-9-4-2-1-3-5-9/h9H,1-8H2,(H,12,13,14). The summed E-state index contributed by atoms with van der Waals surface area (Å²) in [4.78, 5) is 15.9. The summed E-state index contributed by atoms with van der Waals surface area (Å²) >= 11 is 1.65. The second kappa shape index (κ2) is 5.54. The first-order valence-electron chi connectivity index (χ1n) is 5.82. The minimum atomic E-state index is 0.162. The van der Waals surface area contributed by atoms with Crippen LogP contribution in [0.1, 0.15) is 38.5 Å². The average molecular weight is 226 g/mol. The topological polar surface area (TPSA) is 41.5 Å². The Hall–Kier alpha value is -0.510. The van der Waals surface area contributed by atoms with Gasteiger partial charge in [0.05, 0.1) is 6.54 Å². The van der Waals surface area contributed by atoms with E-state index >= 15 is 0 Å². The number of rotatable bonds is 2. The van der Waals surface area contributed by atoms with Gasteiger partial charge in [0, 0.05) is 12.2 Å². The summed E-state index contributed by atoms with van der Waals surface area (Å²) in [5, 5.41) is 3.73. The van der Waals surface area contributed by atoms with Gasteiger partial charge in [-0.15, -0.1) is 0 Å².